The van der Waals surface area contributed by atoms with Crippen molar-refractivity contribution in [1.82, 2.24) is 25.3 Å². The Bertz CT molecular complexity index is 877. The highest BCUT2D eigenvalue weighted by Gasteiger charge is 2.22. The fourth-order valence-corrected chi connectivity index (χ4v) is 3.99. The monoisotopic (exact) mass is 366 g/mol. The summed E-state index contributed by atoms with van der Waals surface area (Å²) in [4.78, 5) is 21.3. The predicted octanol–water partition coefficient (Wildman–Crippen LogP) is 3.23. The van der Waals surface area contributed by atoms with Gasteiger partial charge in [-0.1, -0.05) is 0 Å². The van der Waals surface area contributed by atoms with Crippen LogP contribution in [0.25, 0.3) is 11.4 Å². The van der Waals surface area contributed by atoms with Gasteiger partial charge in [0.2, 0.25) is 0 Å². The molecule has 0 radical (unpaired) electrons. The van der Waals surface area contributed by atoms with Gasteiger partial charge in [-0.2, -0.15) is 0 Å². The first kappa shape index (κ1) is 17.1. The van der Waals surface area contributed by atoms with Crippen molar-refractivity contribution in [3.05, 3.63) is 53.1 Å². The van der Waals surface area contributed by atoms with E-state index in [1.54, 1.807) is 17.5 Å². The van der Waals surface area contributed by atoms with Crippen molar-refractivity contribution >= 4 is 16.5 Å². The van der Waals surface area contributed by atoms with E-state index in [1.807, 2.05) is 49.7 Å². The van der Waals surface area contributed by atoms with E-state index in [-0.39, 0.29) is 0 Å². The Hall–Kier alpha value is -2.38. The molecule has 1 unspecified atom stereocenters. The number of pyridine rings is 1. The Balaban J connectivity index is 1.50. The average Bonchev–Trinajstić information content (AvgIpc) is 3.16. The van der Waals surface area contributed by atoms with Crippen LogP contribution in [-0.2, 0) is 13.0 Å². The molecule has 3 heterocycles. The van der Waals surface area contributed by atoms with Crippen molar-refractivity contribution < 1.29 is 0 Å². The fourth-order valence-electron chi connectivity index (χ4n) is 3.20. The van der Waals surface area contributed by atoms with Gasteiger partial charge in [-0.05, 0) is 31.4 Å². The summed E-state index contributed by atoms with van der Waals surface area (Å²) in [5.41, 5.74) is 3.34. The molecule has 0 saturated carbocycles. The molecule has 3 aromatic rings. The summed E-state index contributed by atoms with van der Waals surface area (Å²) < 4.78 is 0. The van der Waals surface area contributed by atoms with E-state index in [4.69, 9.17) is 4.98 Å². The van der Waals surface area contributed by atoms with E-state index in [9.17, 15) is 0 Å². The summed E-state index contributed by atoms with van der Waals surface area (Å²) in [5, 5.41) is 4.70. The van der Waals surface area contributed by atoms with Crippen LogP contribution in [0.4, 0.5) is 5.13 Å². The van der Waals surface area contributed by atoms with Crippen LogP contribution >= 0.6 is 11.3 Å². The van der Waals surface area contributed by atoms with Gasteiger partial charge < -0.3 is 10.2 Å². The molecule has 1 aliphatic carbocycles. The molecule has 0 aliphatic heterocycles. The highest BCUT2D eigenvalue weighted by Crippen LogP contribution is 2.30. The molecule has 6 nitrogen and oxygen atoms in total. The van der Waals surface area contributed by atoms with Gasteiger partial charge in [0.1, 0.15) is 0 Å². The van der Waals surface area contributed by atoms with Gasteiger partial charge in [-0.25, -0.2) is 15.0 Å². The average molecular weight is 366 g/mol. The SMILES string of the molecule is CN(C)c1ncc(CNC2CCCc3nc(-c4cccnc4)ncc32)s1. The van der Waals surface area contributed by atoms with Crippen LogP contribution in [0.2, 0.25) is 0 Å². The van der Waals surface area contributed by atoms with E-state index >= 15 is 0 Å². The van der Waals surface area contributed by atoms with Crippen molar-refractivity contribution in [3.8, 4) is 11.4 Å². The lowest BCUT2D eigenvalue weighted by Crippen LogP contribution is -2.25. The van der Waals surface area contributed by atoms with Crippen LogP contribution in [-0.4, -0.2) is 34.0 Å². The van der Waals surface area contributed by atoms with Crippen LogP contribution in [0.1, 0.15) is 35.0 Å². The van der Waals surface area contributed by atoms with Crippen LogP contribution in [0.3, 0.4) is 0 Å². The van der Waals surface area contributed by atoms with E-state index in [0.717, 1.165) is 48.0 Å². The minimum atomic E-state index is 0.298. The lowest BCUT2D eigenvalue weighted by atomic mass is 9.92. The zero-order valence-electron chi connectivity index (χ0n) is 15.0. The normalized spacial score (nSPS) is 16.3. The molecule has 0 amide bonds. The number of hydrogen-bond donors (Lipinski definition) is 1. The lowest BCUT2D eigenvalue weighted by Gasteiger charge is -2.25. The van der Waals surface area contributed by atoms with Gasteiger partial charge in [-0.3, -0.25) is 4.98 Å². The van der Waals surface area contributed by atoms with Crippen LogP contribution in [0.15, 0.2) is 36.9 Å². The Morgan fingerprint density at radius 3 is 2.92 bits per heavy atom. The molecule has 26 heavy (non-hydrogen) atoms. The van der Waals surface area contributed by atoms with Crippen LogP contribution in [0, 0.1) is 0 Å². The van der Waals surface area contributed by atoms with E-state index in [0.29, 0.717) is 6.04 Å². The number of thiazole rings is 1. The van der Waals surface area contributed by atoms with Gasteiger partial charge in [0.15, 0.2) is 11.0 Å². The Labute approximate surface area is 157 Å². The largest absolute Gasteiger partial charge is 0.354 e. The number of rotatable bonds is 5. The summed E-state index contributed by atoms with van der Waals surface area (Å²) in [6, 6.07) is 4.21. The molecule has 4 rings (SSSR count). The molecular weight excluding hydrogens is 344 g/mol. The second kappa shape index (κ2) is 7.47. The number of fused-ring (bicyclic) bond motifs is 1. The zero-order valence-corrected chi connectivity index (χ0v) is 15.8. The minimum absolute atomic E-state index is 0.298. The third-order valence-electron chi connectivity index (χ3n) is 4.55. The van der Waals surface area contributed by atoms with Crippen LogP contribution < -0.4 is 10.2 Å². The Kier molecular flexibility index (Phi) is 4.90. The Morgan fingerprint density at radius 1 is 1.23 bits per heavy atom. The molecule has 134 valence electrons. The lowest BCUT2D eigenvalue weighted by molar-refractivity contribution is 0.454. The second-order valence-electron chi connectivity index (χ2n) is 6.67. The molecule has 0 bridgehead atoms. The number of hydrogen-bond acceptors (Lipinski definition) is 7. The first-order valence-corrected chi connectivity index (χ1v) is 9.64. The molecule has 0 aromatic carbocycles. The zero-order chi connectivity index (χ0) is 17.9. The molecule has 7 heteroatoms. The molecule has 1 aliphatic rings. The molecule has 0 fully saturated rings. The van der Waals surface area contributed by atoms with Crippen LogP contribution in [0.5, 0.6) is 0 Å². The maximum atomic E-state index is 4.81. The smallest absolute Gasteiger partial charge is 0.185 e. The van der Waals surface area contributed by atoms with Crippen molar-refractivity contribution in [3.63, 3.8) is 0 Å². The maximum absolute atomic E-state index is 4.81. The standard InChI is InChI=1S/C19H22N6S/c1-25(2)19-23-11-14(26-19)10-21-16-6-3-7-17-15(16)12-22-18(24-17)13-5-4-8-20-9-13/h4-5,8-9,11-12,16,21H,3,6-7,10H2,1-2H3. The molecule has 1 N–H and O–H groups in total. The van der Waals surface area contributed by atoms with Crippen molar-refractivity contribution in [2.24, 2.45) is 0 Å². The first-order valence-electron chi connectivity index (χ1n) is 8.82. The van der Waals surface area contributed by atoms with Crippen molar-refractivity contribution in [2.75, 3.05) is 19.0 Å². The molecule has 1 atom stereocenters. The highest BCUT2D eigenvalue weighted by atomic mass is 32.1. The number of nitrogens with zero attached hydrogens (tertiary/aromatic N) is 5. The predicted molar refractivity (Wildman–Crippen MR) is 104 cm³/mol. The maximum Gasteiger partial charge on any atom is 0.185 e. The number of aromatic nitrogens is 4. The van der Waals surface area contributed by atoms with E-state index in [2.05, 4.69) is 20.3 Å². The third-order valence-corrected chi connectivity index (χ3v) is 5.71. The topological polar surface area (TPSA) is 66.8 Å². The van der Waals surface area contributed by atoms with E-state index in [1.165, 1.54) is 10.4 Å². The highest BCUT2D eigenvalue weighted by molar-refractivity contribution is 7.15. The summed E-state index contributed by atoms with van der Waals surface area (Å²) in [6.07, 6.45) is 10.8. The molecule has 0 spiro atoms. The third kappa shape index (κ3) is 3.59. The molecular formula is C19H22N6S. The quantitative estimate of drug-likeness (QED) is 0.748. The molecule has 0 saturated heterocycles. The fraction of sp³-hybridized carbons (Fsp3) is 0.368. The van der Waals surface area contributed by atoms with Crippen molar-refractivity contribution in [1.29, 1.82) is 0 Å². The first-order chi connectivity index (χ1) is 12.7. The summed E-state index contributed by atoms with van der Waals surface area (Å²) in [6.45, 7) is 0.819. The summed E-state index contributed by atoms with van der Waals surface area (Å²) >= 11 is 1.72. The van der Waals surface area contributed by atoms with Gasteiger partial charge in [0.05, 0.1) is 0 Å². The van der Waals surface area contributed by atoms with Crippen molar-refractivity contribution in [2.45, 2.75) is 31.8 Å². The van der Waals surface area contributed by atoms with E-state index < -0.39 is 0 Å². The van der Waals surface area contributed by atoms with Gasteiger partial charge in [0, 0.05) is 73.2 Å². The number of anilines is 1. The van der Waals surface area contributed by atoms with Gasteiger partial charge in [0.25, 0.3) is 0 Å². The summed E-state index contributed by atoms with van der Waals surface area (Å²) in [5.74, 6) is 0.760. The summed E-state index contributed by atoms with van der Waals surface area (Å²) in [7, 11) is 4.04. The molecule has 3 aromatic heterocycles. The van der Waals surface area contributed by atoms with Gasteiger partial charge in [-0.15, -0.1) is 11.3 Å². The van der Waals surface area contributed by atoms with Gasteiger partial charge >= 0.3 is 0 Å². The minimum Gasteiger partial charge on any atom is -0.354 e. The Morgan fingerprint density at radius 2 is 2.15 bits per heavy atom. The number of aryl methyl sites for hydroxylation is 1. The second-order valence-corrected chi connectivity index (χ2v) is 7.76. The number of nitrogens with one attached hydrogen (secondary N) is 1.